The lowest BCUT2D eigenvalue weighted by atomic mass is 10.1. The van der Waals surface area contributed by atoms with Crippen LogP contribution in [0.15, 0.2) is 30.5 Å². The van der Waals surface area contributed by atoms with Crippen molar-refractivity contribution < 1.29 is 19.5 Å². The number of carboxylic acids is 1. The van der Waals surface area contributed by atoms with Gasteiger partial charge in [0.15, 0.2) is 6.04 Å². The highest BCUT2D eigenvalue weighted by molar-refractivity contribution is 5.92. The fourth-order valence-electron chi connectivity index (χ4n) is 2.08. The van der Waals surface area contributed by atoms with Crippen molar-refractivity contribution in [2.24, 2.45) is 5.73 Å². The summed E-state index contributed by atoms with van der Waals surface area (Å²) in [5.74, 6) is -2.32. The Hall–Kier alpha value is -2.83. The molecule has 1 unspecified atom stereocenters. The van der Waals surface area contributed by atoms with Crippen LogP contribution in [0.2, 0.25) is 0 Å². The number of aromatic amines is 1. The van der Waals surface area contributed by atoms with Gasteiger partial charge in [-0.05, 0) is 6.07 Å². The SMILES string of the molecule is NC(=O)CCC(=O)NC(C(=O)O)c1c[nH]c2ccccc12. The summed E-state index contributed by atoms with van der Waals surface area (Å²) in [7, 11) is 0. The smallest absolute Gasteiger partial charge is 0.330 e. The molecule has 2 aromatic rings. The van der Waals surface area contributed by atoms with E-state index in [1.165, 1.54) is 0 Å². The largest absolute Gasteiger partial charge is 0.479 e. The van der Waals surface area contributed by atoms with Crippen LogP contribution < -0.4 is 11.1 Å². The average Bonchev–Trinajstić information content (AvgIpc) is 2.86. The van der Waals surface area contributed by atoms with Crippen LogP contribution in [-0.4, -0.2) is 27.9 Å². The van der Waals surface area contributed by atoms with Crippen molar-refractivity contribution in [1.29, 1.82) is 0 Å². The Labute approximate surface area is 120 Å². The zero-order valence-electron chi connectivity index (χ0n) is 11.1. The maximum atomic E-state index is 11.7. The Morgan fingerprint density at radius 1 is 1.24 bits per heavy atom. The van der Waals surface area contributed by atoms with Crippen LogP contribution in [-0.2, 0) is 14.4 Å². The van der Waals surface area contributed by atoms with Crippen LogP contribution >= 0.6 is 0 Å². The van der Waals surface area contributed by atoms with Gasteiger partial charge < -0.3 is 21.1 Å². The fraction of sp³-hybridized carbons (Fsp3) is 0.214. The molecule has 0 bridgehead atoms. The van der Waals surface area contributed by atoms with E-state index in [9.17, 15) is 19.5 Å². The number of H-pyrrole nitrogens is 1. The number of nitrogens with two attached hydrogens (primary N) is 1. The Morgan fingerprint density at radius 2 is 1.95 bits per heavy atom. The van der Waals surface area contributed by atoms with Crippen LogP contribution in [0.25, 0.3) is 10.9 Å². The number of carbonyl (C=O) groups excluding carboxylic acids is 2. The summed E-state index contributed by atoms with van der Waals surface area (Å²) in [5.41, 5.74) is 6.21. The maximum absolute atomic E-state index is 11.7. The van der Waals surface area contributed by atoms with E-state index in [-0.39, 0.29) is 12.8 Å². The first-order valence-corrected chi connectivity index (χ1v) is 6.35. The summed E-state index contributed by atoms with van der Waals surface area (Å²) in [6, 6.07) is 6.01. The Bertz CT molecular complexity index is 692. The van der Waals surface area contributed by atoms with Crippen molar-refractivity contribution in [3.8, 4) is 0 Å². The van der Waals surface area contributed by atoms with E-state index >= 15 is 0 Å². The van der Waals surface area contributed by atoms with Gasteiger partial charge in [-0.25, -0.2) is 4.79 Å². The minimum Gasteiger partial charge on any atom is -0.479 e. The molecule has 0 saturated heterocycles. The Morgan fingerprint density at radius 3 is 2.62 bits per heavy atom. The number of fused-ring (bicyclic) bond motifs is 1. The predicted molar refractivity (Wildman–Crippen MR) is 75.2 cm³/mol. The summed E-state index contributed by atoms with van der Waals surface area (Å²) in [6.07, 6.45) is 1.30. The first-order valence-electron chi connectivity index (χ1n) is 6.35. The van der Waals surface area contributed by atoms with Crippen molar-refractivity contribution in [1.82, 2.24) is 10.3 Å². The molecule has 1 aromatic carbocycles. The zero-order valence-corrected chi connectivity index (χ0v) is 11.1. The van der Waals surface area contributed by atoms with E-state index in [0.717, 1.165) is 10.9 Å². The zero-order chi connectivity index (χ0) is 15.4. The summed E-state index contributed by atoms with van der Waals surface area (Å²) in [5, 5.41) is 12.4. The van der Waals surface area contributed by atoms with Crippen molar-refractivity contribution >= 4 is 28.7 Å². The number of benzene rings is 1. The molecule has 0 fully saturated rings. The van der Waals surface area contributed by atoms with Crippen LogP contribution in [0.3, 0.4) is 0 Å². The number of carbonyl (C=O) groups is 3. The van der Waals surface area contributed by atoms with Gasteiger partial charge in [0.25, 0.3) is 0 Å². The molecule has 5 N–H and O–H groups in total. The quantitative estimate of drug-likeness (QED) is 0.623. The van der Waals surface area contributed by atoms with Crippen LogP contribution in [0.4, 0.5) is 0 Å². The number of aliphatic carboxylic acids is 1. The second-order valence-corrected chi connectivity index (χ2v) is 4.59. The van der Waals surface area contributed by atoms with Gasteiger partial charge in [-0.2, -0.15) is 0 Å². The maximum Gasteiger partial charge on any atom is 0.330 e. The van der Waals surface area contributed by atoms with Gasteiger partial charge >= 0.3 is 5.97 Å². The molecule has 0 aliphatic rings. The van der Waals surface area contributed by atoms with Crippen LogP contribution in [0.5, 0.6) is 0 Å². The topological polar surface area (TPSA) is 125 Å². The molecule has 1 aromatic heterocycles. The Kier molecular flexibility index (Phi) is 4.22. The number of primary amides is 1. The van der Waals surface area contributed by atoms with E-state index in [1.807, 2.05) is 12.1 Å². The minimum atomic E-state index is -1.18. The molecule has 1 heterocycles. The molecule has 2 amide bonds. The van der Waals surface area contributed by atoms with Gasteiger partial charge in [0.1, 0.15) is 0 Å². The molecule has 2 rings (SSSR count). The van der Waals surface area contributed by atoms with Crippen LogP contribution in [0, 0.1) is 0 Å². The van der Waals surface area contributed by atoms with Gasteiger partial charge in [0.2, 0.25) is 11.8 Å². The highest BCUT2D eigenvalue weighted by atomic mass is 16.4. The highest BCUT2D eigenvalue weighted by Crippen LogP contribution is 2.24. The summed E-state index contributed by atoms with van der Waals surface area (Å²) in [6.45, 7) is 0. The number of amides is 2. The van der Waals surface area contributed by atoms with Gasteiger partial charge in [0.05, 0.1) is 0 Å². The molecule has 21 heavy (non-hydrogen) atoms. The molecule has 0 radical (unpaired) electrons. The third-order valence-corrected chi connectivity index (χ3v) is 3.08. The predicted octanol–water partition coefficient (Wildman–Crippen LogP) is 0.675. The molecular weight excluding hydrogens is 274 g/mol. The van der Waals surface area contributed by atoms with Crippen molar-refractivity contribution in [2.45, 2.75) is 18.9 Å². The molecule has 7 nitrogen and oxygen atoms in total. The normalized spacial score (nSPS) is 12.0. The standard InChI is InChI=1S/C14H15N3O4/c15-11(18)5-6-12(19)17-13(14(20)21)9-7-16-10-4-2-1-3-8(9)10/h1-4,7,13,16H,5-6H2,(H2,15,18)(H,17,19)(H,20,21). The number of hydrogen-bond acceptors (Lipinski definition) is 3. The second-order valence-electron chi connectivity index (χ2n) is 4.59. The van der Waals surface area contributed by atoms with E-state index < -0.39 is 23.8 Å². The van der Waals surface area contributed by atoms with Gasteiger partial charge in [0, 0.05) is 35.5 Å². The molecular formula is C14H15N3O4. The molecule has 110 valence electrons. The van der Waals surface area contributed by atoms with E-state index in [4.69, 9.17) is 5.73 Å². The van der Waals surface area contributed by atoms with E-state index in [0.29, 0.717) is 5.56 Å². The van der Waals surface area contributed by atoms with Gasteiger partial charge in [-0.1, -0.05) is 18.2 Å². The van der Waals surface area contributed by atoms with Gasteiger partial charge in [-0.3, -0.25) is 9.59 Å². The van der Waals surface area contributed by atoms with E-state index in [2.05, 4.69) is 10.3 Å². The molecule has 0 saturated carbocycles. The summed E-state index contributed by atoms with van der Waals surface area (Å²) < 4.78 is 0. The second kappa shape index (κ2) is 6.08. The minimum absolute atomic E-state index is 0.119. The third-order valence-electron chi connectivity index (χ3n) is 3.08. The first kappa shape index (κ1) is 14.6. The number of rotatable bonds is 6. The van der Waals surface area contributed by atoms with Crippen molar-refractivity contribution in [2.75, 3.05) is 0 Å². The third kappa shape index (κ3) is 3.38. The van der Waals surface area contributed by atoms with Crippen LogP contribution in [0.1, 0.15) is 24.4 Å². The first-order chi connectivity index (χ1) is 9.99. The molecule has 0 aliphatic heterocycles. The fourth-order valence-corrected chi connectivity index (χ4v) is 2.08. The number of hydrogen-bond donors (Lipinski definition) is 4. The number of nitrogens with one attached hydrogen (secondary N) is 2. The summed E-state index contributed by atoms with van der Waals surface area (Å²) in [4.78, 5) is 36.7. The average molecular weight is 289 g/mol. The highest BCUT2D eigenvalue weighted by Gasteiger charge is 2.24. The number of carboxylic acid groups (broad SMARTS) is 1. The summed E-state index contributed by atoms with van der Waals surface area (Å²) >= 11 is 0. The lowest BCUT2D eigenvalue weighted by Gasteiger charge is -2.13. The van der Waals surface area contributed by atoms with Gasteiger partial charge in [-0.15, -0.1) is 0 Å². The lowest BCUT2D eigenvalue weighted by Crippen LogP contribution is -2.34. The lowest BCUT2D eigenvalue weighted by molar-refractivity contribution is -0.142. The van der Waals surface area contributed by atoms with E-state index in [1.54, 1.807) is 18.3 Å². The Balaban J connectivity index is 2.21. The number of aromatic nitrogens is 1. The van der Waals surface area contributed by atoms with Crippen molar-refractivity contribution in [3.05, 3.63) is 36.0 Å². The molecule has 7 heteroatoms. The molecule has 0 aliphatic carbocycles. The molecule has 0 spiro atoms. The monoisotopic (exact) mass is 289 g/mol. The number of para-hydroxylation sites is 1. The van der Waals surface area contributed by atoms with Crippen molar-refractivity contribution in [3.63, 3.8) is 0 Å². The molecule has 1 atom stereocenters.